The Morgan fingerprint density at radius 1 is 0.879 bits per heavy atom. The molecule has 0 aromatic carbocycles. The summed E-state index contributed by atoms with van der Waals surface area (Å²) in [6.45, 7) is 4.52. The molecule has 0 aromatic rings. The van der Waals surface area contributed by atoms with E-state index in [0.29, 0.717) is 23.8 Å². The third kappa shape index (κ3) is 8.32. The first kappa shape index (κ1) is 27.7. The van der Waals surface area contributed by atoms with Crippen LogP contribution in [-0.2, 0) is 4.74 Å². The minimum Gasteiger partial charge on any atom is -0.367 e. The second kappa shape index (κ2) is 14.0. The van der Waals surface area contributed by atoms with Crippen LogP contribution in [0.3, 0.4) is 0 Å². The van der Waals surface area contributed by atoms with Crippen molar-refractivity contribution in [2.45, 2.75) is 134 Å². The highest BCUT2D eigenvalue weighted by Crippen LogP contribution is 2.42. The van der Waals surface area contributed by atoms with E-state index in [0.717, 1.165) is 31.1 Å². The topological polar surface area (TPSA) is 82.0 Å². The normalized spacial score (nSPS) is 33.5. The number of nitrogens with one attached hydrogen (secondary N) is 1. The van der Waals surface area contributed by atoms with Gasteiger partial charge in [0, 0.05) is 12.0 Å². The first-order valence-corrected chi connectivity index (χ1v) is 14.4. The van der Waals surface area contributed by atoms with Crippen LogP contribution >= 0.6 is 11.6 Å². The third-order valence-corrected chi connectivity index (χ3v) is 9.56. The lowest BCUT2D eigenvalue weighted by molar-refractivity contribution is -0.143. The summed E-state index contributed by atoms with van der Waals surface area (Å²) in [6.07, 6.45) is 14.2. The van der Waals surface area contributed by atoms with Gasteiger partial charge in [0.1, 0.15) is 0 Å². The zero-order valence-corrected chi connectivity index (χ0v) is 21.8. The number of hydrogen-bond donors (Lipinski definition) is 4. The van der Waals surface area contributed by atoms with E-state index in [4.69, 9.17) is 16.3 Å². The van der Waals surface area contributed by atoms with Crippen LogP contribution in [0.2, 0.25) is 0 Å². The van der Waals surface area contributed by atoms with Gasteiger partial charge in [-0.1, -0.05) is 64.7 Å². The fourth-order valence-corrected chi connectivity index (χ4v) is 7.48. The standard InChI is InChI=1S/C27H50ClNO4/c1-3-33-27(32)25(18(2)20-8-5-4-6-9-20)29-24(26(30)31)16-19-12-14-21(15-13-19)22-10-7-11-23(28)17-22/h18-27,29-32H,3-17H2,1-2H3. The number of alkyl halides is 1. The molecular formula is C27H50ClNO4. The Hall–Kier alpha value is 0.0900. The molecule has 3 aliphatic carbocycles. The van der Waals surface area contributed by atoms with Crippen LogP contribution in [0.25, 0.3) is 0 Å². The van der Waals surface area contributed by atoms with E-state index >= 15 is 0 Å². The molecule has 0 amide bonds. The summed E-state index contributed by atoms with van der Waals surface area (Å²) in [4.78, 5) is 0. The summed E-state index contributed by atoms with van der Waals surface area (Å²) < 4.78 is 5.60. The summed E-state index contributed by atoms with van der Waals surface area (Å²) in [6, 6.07) is -0.737. The smallest absolute Gasteiger partial charge is 0.170 e. The molecule has 6 heteroatoms. The molecule has 3 aliphatic rings. The largest absolute Gasteiger partial charge is 0.367 e. The summed E-state index contributed by atoms with van der Waals surface area (Å²) in [5.74, 6) is 2.82. The van der Waals surface area contributed by atoms with Crippen LogP contribution in [0, 0.1) is 29.6 Å². The molecule has 0 aromatic heterocycles. The van der Waals surface area contributed by atoms with Gasteiger partial charge in [0.25, 0.3) is 0 Å². The Kier molecular flexibility index (Phi) is 11.7. The first-order valence-electron chi connectivity index (χ1n) is 13.9. The zero-order valence-electron chi connectivity index (χ0n) is 21.0. The van der Waals surface area contributed by atoms with Crippen molar-refractivity contribution in [2.24, 2.45) is 29.6 Å². The molecule has 6 atom stereocenters. The van der Waals surface area contributed by atoms with Gasteiger partial charge in [0.05, 0.1) is 12.1 Å². The summed E-state index contributed by atoms with van der Waals surface area (Å²) >= 11 is 6.45. The van der Waals surface area contributed by atoms with Crippen LogP contribution in [0.15, 0.2) is 0 Å². The lowest BCUT2D eigenvalue weighted by atomic mass is 9.70. The maximum atomic E-state index is 10.8. The van der Waals surface area contributed by atoms with Crippen molar-refractivity contribution in [2.75, 3.05) is 6.61 Å². The van der Waals surface area contributed by atoms with E-state index in [9.17, 15) is 15.3 Å². The van der Waals surface area contributed by atoms with Gasteiger partial charge in [-0.25, -0.2) is 0 Å². The molecule has 4 N–H and O–H groups in total. The summed E-state index contributed by atoms with van der Waals surface area (Å²) in [5, 5.41) is 35.1. The van der Waals surface area contributed by atoms with Crippen molar-refractivity contribution in [3.63, 3.8) is 0 Å². The van der Waals surface area contributed by atoms with Crippen molar-refractivity contribution in [1.29, 1.82) is 0 Å². The molecule has 0 heterocycles. The highest BCUT2D eigenvalue weighted by molar-refractivity contribution is 6.20. The van der Waals surface area contributed by atoms with E-state index in [1.807, 2.05) is 6.92 Å². The number of hydrogen-bond acceptors (Lipinski definition) is 5. The van der Waals surface area contributed by atoms with Crippen LogP contribution in [0.5, 0.6) is 0 Å². The second-order valence-corrected chi connectivity index (χ2v) is 12.0. The van der Waals surface area contributed by atoms with E-state index in [1.54, 1.807) is 0 Å². The molecule has 3 fully saturated rings. The maximum Gasteiger partial charge on any atom is 0.170 e. The van der Waals surface area contributed by atoms with Crippen LogP contribution in [-0.4, -0.2) is 52.0 Å². The SMILES string of the molecule is CCOC(O)C(NC(CC1CCC(C2CCCC(Cl)C2)CC1)C(O)O)C(C)C1CCCCC1. The predicted molar refractivity (Wildman–Crippen MR) is 134 cm³/mol. The lowest BCUT2D eigenvalue weighted by Crippen LogP contribution is -2.55. The van der Waals surface area contributed by atoms with E-state index in [1.165, 1.54) is 70.6 Å². The molecule has 0 bridgehead atoms. The van der Waals surface area contributed by atoms with Gasteiger partial charge < -0.3 is 25.4 Å². The zero-order chi connectivity index (χ0) is 23.8. The average Bonchev–Trinajstić information content (AvgIpc) is 2.82. The van der Waals surface area contributed by atoms with Crippen LogP contribution in [0.4, 0.5) is 0 Å². The molecule has 194 valence electrons. The Labute approximate surface area is 207 Å². The van der Waals surface area contributed by atoms with Gasteiger partial charge in [-0.15, -0.1) is 11.6 Å². The first-order chi connectivity index (χ1) is 15.9. The maximum absolute atomic E-state index is 10.8. The lowest BCUT2D eigenvalue weighted by Gasteiger charge is -2.40. The minimum absolute atomic E-state index is 0.221. The fourth-order valence-electron chi connectivity index (χ4n) is 7.09. The van der Waals surface area contributed by atoms with E-state index < -0.39 is 18.6 Å². The molecule has 6 unspecified atom stereocenters. The van der Waals surface area contributed by atoms with Gasteiger partial charge >= 0.3 is 0 Å². The Balaban J connectivity index is 1.56. The highest BCUT2D eigenvalue weighted by atomic mass is 35.5. The fraction of sp³-hybridized carbons (Fsp3) is 1.00. The van der Waals surface area contributed by atoms with Crippen molar-refractivity contribution >= 4 is 11.6 Å². The molecule has 3 saturated carbocycles. The minimum atomic E-state index is -1.44. The molecule has 33 heavy (non-hydrogen) atoms. The third-order valence-electron chi connectivity index (χ3n) is 9.17. The highest BCUT2D eigenvalue weighted by Gasteiger charge is 2.37. The Morgan fingerprint density at radius 3 is 2.18 bits per heavy atom. The van der Waals surface area contributed by atoms with E-state index in [-0.39, 0.29) is 12.0 Å². The van der Waals surface area contributed by atoms with Crippen molar-refractivity contribution in [1.82, 2.24) is 5.32 Å². The molecule has 0 saturated heterocycles. The average molecular weight is 488 g/mol. The van der Waals surface area contributed by atoms with Crippen LogP contribution in [0.1, 0.15) is 104 Å². The van der Waals surface area contributed by atoms with Crippen molar-refractivity contribution < 1.29 is 20.1 Å². The Bertz CT molecular complexity index is 536. The Morgan fingerprint density at radius 2 is 1.58 bits per heavy atom. The predicted octanol–water partition coefficient (Wildman–Crippen LogP) is 5.19. The summed E-state index contributed by atoms with van der Waals surface area (Å²) in [7, 11) is 0. The number of ether oxygens (including phenoxy) is 1. The molecular weight excluding hydrogens is 438 g/mol. The van der Waals surface area contributed by atoms with Gasteiger partial charge in [0.2, 0.25) is 0 Å². The molecule has 0 radical (unpaired) electrons. The number of aliphatic hydroxyl groups excluding tert-OH is 2. The van der Waals surface area contributed by atoms with Gasteiger partial charge in [0.15, 0.2) is 12.6 Å². The number of aliphatic hydroxyl groups is 3. The van der Waals surface area contributed by atoms with Gasteiger partial charge in [-0.2, -0.15) is 0 Å². The monoisotopic (exact) mass is 487 g/mol. The second-order valence-electron chi connectivity index (χ2n) is 11.4. The number of halogens is 1. The van der Waals surface area contributed by atoms with E-state index in [2.05, 4.69) is 12.2 Å². The molecule has 3 rings (SSSR count). The molecule has 0 spiro atoms. The summed E-state index contributed by atoms with van der Waals surface area (Å²) in [5.41, 5.74) is 0. The molecule has 5 nitrogen and oxygen atoms in total. The van der Waals surface area contributed by atoms with Gasteiger partial charge in [-0.3, -0.25) is 0 Å². The van der Waals surface area contributed by atoms with Crippen molar-refractivity contribution in [3.8, 4) is 0 Å². The van der Waals surface area contributed by atoms with Crippen molar-refractivity contribution in [3.05, 3.63) is 0 Å². The number of rotatable bonds is 11. The van der Waals surface area contributed by atoms with Crippen LogP contribution < -0.4 is 5.32 Å². The quantitative estimate of drug-likeness (QED) is 0.238. The molecule has 0 aliphatic heterocycles. The van der Waals surface area contributed by atoms with Gasteiger partial charge in [-0.05, 0) is 68.6 Å².